The molecule has 1 heteroatoms. The van der Waals surface area contributed by atoms with Gasteiger partial charge in [-0.1, -0.05) is 26.7 Å². The molecule has 1 radical (unpaired) electrons. The molecule has 0 saturated carbocycles. The van der Waals surface area contributed by atoms with Gasteiger partial charge in [0.05, 0.1) is 0 Å². The van der Waals surface area contributed by atoms with E-state index in [4.69, 9.17) is 0 Å². The molecule has 1 rings (SSSR count). The molecule has 0 aromatic carbocycles. The first kappa shape index (κ1) is 10.0. The zero-order chi connectivity index (χ0) is 8.81. The summed E-state index contributed by atoms with van der Waals surface area (Å²) in [4.78, 5) is 0. The first-order valence-corrected chi connectivity index (χ1v) is 5.50. The Labute approximate surface area is 76.9 Å². The van der Waals surface area contributed by atoms with Crippen LogP contribution in [0.1, 0.15) is 46.0 Å². The van der Waals surface area contributed by atoms with E-state index in [1.54, 1.807) is 0 Å². The highest BCUT2D eigenvalue weighted by molar-refractivity contribution is 4.75. The minimum absolute atomic E-state index is 0.917. The van der Waals surface area contributed by atoms with Gasteiger partial charge in [0.15, 0.2) is 0 Å². The highest BCUT2D eigenvalue weighted by atomic mass is 14.9. The monoisotopic (exact) mass is 168 g/mol. The number of piperidine rings is 1. The molecule has 1 nitrogen and oxygen atoms in total. The number of nitrogens with zero attached hydrogens (tertiary/aromatic N) is 1. The van der Waals surface area contributed by atoms with Crippen molar-refractivity contribution in [1.82, 2.24) is 5.32 Å². The van der Waals surface area contributed by atoms with Crippen molar-refractivity contribution in [2.75, 3.05) is 13.1 Å². The lowest BCUT2D eigenvalue weighted by Crippen LogP contribution is -2.31. The topological polar surface area (TPSA) is 14.1 Å². The van der Waals surface area contributed by atoms with Gasteiger partial charge in [0.2, 0.25) is 0 Å². The zero-order valence-electron chi connectivity index (χ0n) is 8.55. The number of hydrogen-bond acceptors (Lipinski definition) is 0. The molecular formula is C11H22N. The van der Waals surface area contributed by atoms with Crippen LogP contribution in [0.25, 0.3) is 0 Å². The van der Waals surface area contributed by atoms with E-state index in [2.05, 4.69) is 19.2 Å². The Hall–Kier alpha value is -0.0400. The third-order valence-corrected chi connectivity index (χ3v) is 2.84. The smallest absolute Gasteiger partial charge is 0.0161 e. The Morgan fingerprint density at radius 1 is 1.00 bits per heavy atom. The predicted octanol–water partition coefficient (Wildman–Crippen LogP) is 2.83. The first-order valence-electron chi connectivity index (χ1n) is 5.50. The summed E-state index contributed by atoms with van der Waals surface area (Å²) in [5, 5.41) is 4.58. The lowest BCUT2D eigenvalue weighted by atomic mass is 9.85. The average molecular weight is 168 g/mol. The fourth-order valence-electron chi connectivity index (χ4n) is 2.29. The van der Waals surface area contributed by atoms with E-state index in [1.807, 2.05) is 0 Å². The zero-order valence-corrected chi connectivity index (χ0v) is 8.55. The lowest BCUT2D eigenvalue weighted by Gasteiger charge is -2.28. The van der Waals surface area contributed by atoms with Crippen molar-refractivity contribution in [3.05, 3.63) is 0 Å². The highest BCUT2D eigenvalue weighted by Gasteiger charge is 2.20. The fourth-order valence-corrected chi connectivity index (χ4v) is 2.29. The molecule has 0 aromatic heterocycles. The van der Waals surface area contributed by atoms with Crippen molar-refractivity contribution in [3.8, 4) is 0 Å². The summed E-state index contributed by atoms with van der Waals surface area (Å²) in [6, 6.07) is 0. The summed E-state index contributed by atoms with van der Waals surface area (Å²) in [6.45, 7) is 6.86. The Kier molecular flexibility index (Phi) is 4.67. The van der Waals surface area contributed by atoms with E-state index >= 15 is 0 Å². The van der Waals surface area contributed by atoms with Crippen molar-refractivity contribution in [2.45, 2.75) is 46.0 Å². The Morgan fingerprint density at radius 2 is 1.50 bits per heavy atom. The van der Waals surface area contributed by atoms with Gasteiger partial charge in [0.1, 0.15) is 0 Å². The minimum Gasteiger partial charge on any atom is -0.241 e. The van der Waals surface area contributed by atoms with Crippen LogP contribution in [0.4, 0.5) is 0 Å². The molecule has 0 spiro atoms. The largest absolute Gasteiger partial charge is 0.241 e. The van der Waals surface area contributed by atoms with Crippen LogP contribution in [-0.2, 0) is 0 Å². The molecule has 1 saturated heterocycles. The van der Waals surface area contributed by atoms with Crippen molar-refractivity contribution in [2.24, 2.45) is 11.8 Å². The number of rotatable bonds is 4. The van der Waals surface area contributed by atoms with Gasteiger partial charge in [0.25, 0.3) is 0 Å². The second-order valence-electron chi connectivity index (χ2n) is 4.13. The molecule has 1 fully saturated rings. The molecule has 0 aromatic rings. The molecule has 0 unspecified atom stereocenters. The van der Waals surface area contributed by atoms with Gasteiger partial charge in [-0.15, -0.1) is 0 Å². The molecule has 0 aliphatic carbocycles. The van der Waals surface area contributed by atoms with Crippen molar-refractivity contribution >= 4 is 0 Å². The van der Waals surface area contributed by atoms with Gasteiger partial charge in [-0.25, -0.2) is 5.32 Å². The van der Waals surface area contributed by atoms with Gasteiger partial charge in [0, 0.05) is 13.1 Å². The normalized spacial score (nSPS) is 30.5. The van der Waals surface area contributed by atoms with Crippen LogP contribution in [0.5, 0.6) is 0 Å². The molecule has 0 amide bonds. The van der Waals surface area contributed by atoms with Gasteiger partial charge >= 0.3 is 0 Å². The molecule has 12 heavy (non-hydrogen) atoms. The van der Waals surface area contributed by atoms with Crippen LogP contribution in [0.15, 0.2) is 0 Å². The van der Waals surface area contributed by atoms with E-state index < -0.39 is 0 Å². The molecule has 2 atom stereocenters. The summed E-state index contributed by atoms with van der Waals surface area (Å²) in [7, 11) is 0. The van der Waals surface area contributed by atoms with Crippen molar-refractivity contribution in [1.29, 1.82) is 0 Å². The maximum Gasteiger partial charge on any atom is 0.0161 e. The van der Waals surface area contributed by atoms with E-state index in [0.29, 0.717) is 0 Å². The average Bonchev–Trinajstić information content (AvgIpc) is 2.06. The molecule has 1 heterocycles. The quantitative estimate of drug-likeness (QED) is 0.613. The highest BCUT2D eigenvalue weighted by Crippen LogP contribution is 2.24. The first-order chi connectivity index (χ1) is 5.86. The van der Waals surface area contributed by atoms with Crippen LogP contribution < -0.4 is 5.32 Å². The Bertz CT molecular complexity index is 95.6. The van der Waals surface area contributed by atoms with E-state index in [1.165, 1.54) is 32.1 Å². The summed E-state index contributed by atoms with van der Waals surface area (Å²) in [5.41, 5.74) is 0. The number of hydrogen-bond donors (Lipinski definition) is 0. The minimum atomic E-state index is 0.917. The van der Waals surface area contributed by atoms with Crippen LogP contribution in [0.3, 0.4) is 0 Å². The molecule has 0 bridgehead atoms. The molecular weight excluding hydrogens is 146 g/mol. The SMILES string of the molecule is CCC[C@H]1C[N]C[C@H](CCC)C1. The maximum absolute atomic E-state index is 4.58. The van der Waals surface area contributed by atoms with Crippen LogP contribution >= 0.6 is 0 Å². The third kappa shape index (κ3) is 3.14. The Morgan fingerprint density at radius 3 is 1.92 bits per heavy atom. The maximum atomic E-state index is 4.58. The summed E-state index contributed by atoms with van der Waals surface area (Å²) < 4.78 is 0. The summed E-state index contributed by atoms with van der Waals surface area (Å²) >= 11 is 0. The Balaban J connectivity index is 2.20. The van der Waals surface area contributed by atoms with Crippen molar-refractivity contribution < 1.29 is 0 Å². The van der Waals surface area contributed by atoms with Crippen LogP contribution in [0.2, 0.25) is 0 Å². The molecule has 1 aliphatic rings. The molecule has 1 aliphatic heterocycles. The molecule has 71 valence electrons. The lowest BCUT2D eigenvalue weighted by molar-refractivity contribution is 0.256. The second kappa shape index (κ2) is 5.58. The second-order valence-corrected chi connectivity index (χ2v) is 4.13. The van der Waals surface area contributed by atoms with Gasteiger partial charge in [-0.2, -0.15) is 0 Å². The van der Waals surface area contributed by atoms with Gasteiger partial charge < -0.3 is 0 Å². The van der Waals surface area contributed by atoms with Gasteiger partial charge in [-0.05, 0) is 31.1 Å². The van der Waals surface area contributed by atoms with E-state index in [9.17, 15) is 0 Å². The van der Waals surface area contributed by atoms with Crippen LogP contribution in [-0.4, -0.2) is 13.1 Å². The predicted molar refractivity (Wildman–Crippen MR) is 53.3 cm³/mol. The summed E-state index contributed by atoms with van der Waals surface area (Å²) in [6.07, 6.45) is 6.90. The summed E-state index contributed by atoms with van der Waals surface area (Å²) in [5.74, 6) is 1.83. The third-order valence-electron chi connectivity index (χ3n) is 2.84. The van der Waals surface area contributed by atoms with Crippen LogP contribution in [0, 0.1) is 11.8 Å². The van der Waals surface area contributed by atoms with E-state index in [0.717, 1.165) is 24.9 Å². The standard InChI is InChI=1S/C11H22N/c1-3-5-10-7-11(6-4-2)9-12-8-10/h10-11H,3-9H2,1-2H3/t10-,11-/m1/s1. The fraction of sp³-hybridized carbons (Fsp3) is 1.00. The van der Waals surface area contributed by atoms with Gasteiger partial charge in [-0.3, -0.25) is 0 Å². The molecule has 0 N–H and O–H groups in total. The van der Waals surface area contributed by atoms with Crippen molar-refractivity contribution in [3.63, 3.8) is 0 Å². The van der Waals surface area contributed by atoms with E-state index in [-0.39, 0.29) is 0 Å².